The second kappa shape index (κ2) is 3.06. The van der Waals surface area contributed by atoms with Gasteiger partial charge in [0.25, 0.3) is 0 Å². The minimum atomic E-state index is 0.961. The Morgan fingerprint density at radius 1 is 1.00 bits per heavy atom. The summed E-state index contributed by atoms with van der Waals surface area (Å²) in [7, 11) is 0. The fraction of sp³-hybridized carbons (Fsp3) is 0. The largest absolute Gasteiger partial charge is 0.157 e. The highest BCUT2D eigenvalue weighted by Crippen LogP contribution is 2.11. The summed E-state index contributed by atoms with van der Waals surface area (Å²) in [5.74, 6) is 0. The molecule has 0 N–H and O–H groups in total. The summed E-state index contributed by atoms with van der Waals surface area (Å²) < 4.78 is 1.05. The van der Waals surface area contributed by atoms with Gasteiger partial charge < -0.3 is 0 Å². The molecule has 0 radical (unpaired) electrons. The first-order valence-corrected chi connectivity index (χ1v) is 4.28. The molecule has 1 aromatic carbocycles. The molecule has 2 rings (SSSR count). The van der Waals surface area contributed by atoms with Crippen molar-refractivity contribution in [3.8, 4) is 5.69 Å². The van der Waals surface area contributed by atoms with Crippen LogP contribution in [0.2, 0.25) is 0 Å². The molecule has 0 saturated carbocycles. The van der Waals surface area contributed by atoms with Crippen LogP contribution in [0.5, 0.6) is 0 Å². The van der Waals surface area contributed by atoms with E-state index in [-0.39, 0.29) is 0 Å². The Hall–Kier alpha value is -1.16. The van der Waals surface area contributed by atoms with Crippen LogP contribution in [0.3, 0.4) is 0 Å². The Bertz CT molecular complexity index is 352. The van der Waals surface area contributed by atoms with Crippen molar-refractivity contribution in [2.75, 3.05) is 0 Å². The minimum Gasteiger partial charge on any atom is -0.157 e. The first-order chi connectivity index (χ1) is 5.86. The molecular formula is C8H6BrN3. The summed E-state index contributed by atoms with van der Waals surface area (Å²) >= 11 is 3.36. The lowest BCUT2D eigenvalue weighted by Crippen LogP contribution is -1.97. The predicted octanol–water partition coefficient (Wildman–Crippen LogP) is 2.03. The highest BCUT2D eigenvalue weighted by atomic mass is 79.9. The van der Waals surface area contributed by atoms with Crippen molar-refractivity contribution in [3.05, 3.63) is 41.1 Å². The average Bonchev–Trinajstić information content (AvgIpc) is 2.58. The summed E-state index contributed by atoms with van der Waals surface area (Å²) in [4.78, 5) is 1.58. The number of hydrogen-bond donors (Lipinski definition) is 0. The van der Waals surface area contributed by atoms with E-state index < -0.39 is 0 Å². The third-order valence-electron chi connectivity index (χ3n) is 1.48. The Morgan fingerprint density at radius 2 is 1.58 bits per heavy atom. The van der Waals surface area contributed by atoms with Gasteiger partial charge in [-0.15, -0.1) is 0 Å². The van der Waals surface area contributed by atoms with Crippen LogP contribution >= 0.6 is 15.9 Å². The van der Waals surface area contributed by atoms with E-state index >= 15 is 0 Å². The molecule has 4 heteroatoms. The van der Waals surface area contributed by atoms with Crippen LogP contribution in [-0.2, 0) is 0 Å². The molecule has 0 spiro atoms. The van der Waals surface area contributed by atoms with E-state index in [9.17, 15) is 0 Å². The lowest BCUT2D eigenvalue weighted by Gasteiger charge is -1.97. The number of aromatic nitrogens is 3. The van der Waals surface area contributed by atoms with Crippen molar-refractivity contribution in [3.63, 3.8) is 0 Å². The monoisotopic (exact) mass is 223 g/mol. The molecular weight excluding hydrogens is 218 g/mol. The number of rotatable bonds is 1. The van der Waals surface area contributed by atoms with Crippen molar-refractivity contribution < 1.29 is 0 Å². The molecule has 0 bridgehead atoms. The summed E-state index contributed by atoms with van der Waals surface area (Å²) in [6.07, 6.45) is 3.31. The minimum absolute atomic E-state index is 0.961. The van der Waals surface area contributed by atoms with Gasteiger partial charge in [0, 0.05) is 4.47 Å². The maximum absolute atomic E-state index is 4.01. The topological polar surface area (TPSA) is 30.7 Å². The molecule has 12 heavy (non-hydrogen) atoms. The first-order valence-electron chi connectivity index (χ1n) is 3.48. The third-order valence-corrected chi connectivity index (χ3v) is 2.00. The van der Waals surface area contributed by atoms with Gasteiger partial charge in [-0.2, -0.15) is 15.0 Å². The van der Waals surface area contributed by atoms with Crippen LogP contribution in [0.25, 0.3) is 5.69 Å². The van der Waals surface area contributed by atoms with Crippen molar-refractivity contribution in [1.29, 1.82) is 0 Å². The molecule has 60 valence electrons. The van der Waals surface area contributed by atoms with Crippen molar-refractivity contribution in [2.24, 2.45) is 0 Å². The Labute approximate surface area is 78.2 Å². The fourth-order valence-corrected chi connectivity index (χ4v) is 1.19. The lowest BCUT2D eigenvalue weighted by molar-refractivity contribution is 0.752. The lowest BCUT2D eigenvalue weighted by atomic mass is 10.3. The first kappa shape index (κ1) is 7.49. The number of nitrogens with zero attached hydrogens (tertiary/aromatic N) is 3. The van der Waals surface area contributed by atoms with Crippen molar-refractivity contribution in [1.82, 2.24) is 15.0 Å². The van der Waals surface area contributed by atoms with Gasteiger partial charge in [-0.05, 0) is 24.3 Å². The van der Waals surface area contributed by atoms with Gasteiger partial charge in [0.15, 0.2) is 0 Å². The standard InChI is InChI=1S/C8H6BrN3/c9-7-1-3-8(4-2-7)12-10-5-6-11-12/h1-6H. The van der Waals surface area contributed by atoms with E-state index in [0.29, 0.717) is 0 Å². The number of benzene rings is 1. The molecule has 3 nitrogen and oxygen atoms in total. The van der Waals surface area contributed by atoms with Crippen molar-refractivity contribution >= 4 is 15.9 Å². The van der Waals surface area contributed by atoms with Crippen LogP contribution in [0.15, 0.2) is 41.1 Å². The zero-order valence-electron chi connectivity index (χ0n) is 6.18. The van der Waals surface area contributed by atoms with Gasteiger partial charge in [0.05, 0.1) is 18.1 Å². The Morgan fingerprint density at radius 3 is 2.17 bits per heavy atom. The zero-order chi connectivity index (χ0) is 8.39. The molecule has 0 aliphatic carbocycles. The van der Waals surface area contributed by atoms with E-state index in [0.717, 1.165) is 10.2 Å². The molecule has 0 unspecified atom stereocenters. The van der Waals surface area contributed by atoms with Crippen LogP contribution in [0.4, 0.5) is 0 Å². The molecule has 0 aliphatic heterocycles. The highest BCUT2D eigenvalue weighted by molar-refractivity contribution is 9.10. The molecule has 1 heterocycles. The van der Waals surface area contributed by atoms with Crippen LogP contribution < -0.4 is 0 Å². The van der Waals surface area contributed by atoms with Crippen LogP contribution in [0.1, 0.15) is 0 Å². The molecule has 0 aliphatic rings. The molecule has 0 atom stereocenters. The van der Waals surface area contributed by atoms with E-state index in [1.54, 1.807) is 17.2 Å². The number of halogens is 1. The third kappa shape index (κ3) is 1.38. The Balaban J connectivity index is 2.43. The highest BCUT2D eigenvalue weighted by Gasteiger charge is 1.94. The smallest absolute Gasteiger partial charge is 0.0857 e. The van der Waals surface area contributed by atoms with Crippen molar-refractivity contribution in [2.45, 2.75) is 0 Å². The Kier molecular flexibility index (Phi) is 1.91. The SMILES string of the molecule is Brc1ccc(-n2nccn2)cc1. The normalized spacial score (nSPS) is 10.1. The average molecular weight is 224 g/mol. The summed E-state index contributed by atoms with van der Waals surface area (Å²) in [5, 5.41) is 8.01. The van der Waals surface area contributed by atoms with Crippen LogP contribution in [-0.4, -0.2) is 15.0 Å². The summed E-state index contributed by atoms with van der Waals surface area (Å²) in [6, 6.07) is 7.81. The molecule has 0 saturated heterocycles. The van der Waals surface area contributed by atoms with Gasteiger partial charge in [-0.1, -0.05) is 15.9 Å². The maximum Gasteiger partial charge on any atom is 0.0857 e. The predicted molar refractivity (Wildman–Crippen MR) is 49.1 cm³/mol. The van der Waals surface area contributed by atoms with E-state index in [1.165, 1.54) is 0 Å². The van der Waals surface area contributed by atoms with Gasteiger partial charge in [0.1, 0.15) is 0 Å². The van der Waals surface area contributed by atoms with E-state index in [2.05, 4.69) is 26.1 Å². The van der Waals surface area contributed by atoms with E-state index in [4.69, 9.17) is 0 Å². The number of hydrogen-bond acceptors (Lipinski definition) is 2. The quantitative estimate of drug-likeness (QED) is 0.741. The van der Waals surface area contributed by atoms with Gasteiger partial charge >= 0.3 is 0 Å². The molecule has 0 amide bonds. The zero-order valence-corrected chi connectivity index (χ0v) is 7.77. The molecule has 2 aromatic rings. The van der Waals surface area contributed by atoms with Crippen LogP contribution in [0, 0.1) is 0 Å². The maximum atomic E-state index is 4.01. The molecule has 1 aromatic heterocycles. The van der Waals surface area contributed by atoms with Gasteiger partial charge in [0.2, 0.25) is 0 Å². The molecule has 0 fully saturated rings. The second-order valence-electron chi connectivity index (χ2n) is 2.29. The van der Waals surface area contributed by atoms with Gasteiger partial charge in [-0.25, -0.2) is 0 Å². The fourth-order valence-electron chi connectivity index (χ4n) is 0.923. The van der Waals surface area contributed by atoms with E-state index in [1.807, 2.05) is 24.3 Å². The summed E-state index contributed by atoms with van der Waals surface area (Å²) in [6.45, 7) is 0. The second-order valence-corrected chi connectivity index (χ2v) is 3.21. The van der Waals surface area contributed by atoms with Gasteiger partial charge in [-0.3, -0.25) is 0 Å². The summed E-state index contributed by atoms with van der Waals surface area (Å²) in [5.41, 5.74) is 0.961.